The van der Waals surface area contributed by atoms with Crippen LogP contribution in [0.1, 0.15) is 48.0 Å². The molecule has 0 bridgehead atoms. The van der Waals surface area contributed by atoms with Crippen LogP contribution in [0.2, 0.25) is 0 Å². The molecule has 1 aromatic heterocycles. The van der Waals surface area contributed by atoms with Crippen LogP contribution in [0, 0.1) is 0 Å². The van der Waals surface area contributed by atoms with Gasteiger partial charge in [-0.2, -0.15) is 0 Å². The lowest BCUT2D eigenvalue weighted by atomic mass is 10.0. The third-order valence-corrected chi connectivity index (χ3v) is 5.31. The maximum atomic E-state index is 12.9. The molecule has 2 aromatic rings. The third-order valence-electron chi connectivity index (χ3n) is 5.31. The van der Waals surface area contributed by atoms with E-state index < -0.39 is 11.6 Å². The average molecular weight is 448 g/mol. The molecule has 2 heterocycles. The largest absolute Gasteiger partial charge is 0.457 e. The predicted octanol–water partition coefficient (Wildman–Crippen LogP) is 4.08. The fraction of sp³-hybridized carbons (Fsp3) is 0.370. The van der Waals surface area contributed by atoms with Crippen LogP contribution >= 0.6 is 0 Å². The quantitative estimate of drug-likeness (QED) is 0.362. The third kappa shape index (κ3) is 8.08. The zero-order valence-corrected chi connectivity index (χ0v) is 20.0. The molecule has 0 aliphatic carbocycles. The lowest BCUT2D eigenvalue weighted by Gasteiger charge is -2.32. The number of ether oxygens (including phenoxy) is 1. The van der Waals surface area contributed by atoms with Gasteiger partial charge in [-0.1, -0.05) is 30.3 Å². The summed E-state index contributed by atoms with van der Waals surface area (Å²) >= 11 is 0. The van der Waals surface area contributed by atoms with Gasteiger partial charge in [0.05, 0.1) is 5.69 Å². The molecule has 33 heavy (non-hydrogen) atoms. The molecule has 3 rings (SSSR count). The minimum atomic E-state index is -0.529. The molecule has 6 heteroatoms. The SMILES string of the molecule is CN1CCN(Cc2ccccc2C(=O)/C=C/c2ccc(/C=C/C(=O)OC(C)(C)C)nc2)CC1. The van der Waals surface area contributed by atoms with E-state index >= 15 is 0 Å². The van der Waals surface area contributed by atoms with Crippen LogP contribution in [0.15, 0.2) is 54.7 Å². The van der Waals surface area contributed by atoms with Crippen molar-refractivity contribution in [3.05, 3.63) is 77.1 Å². The normalized spacial score (nSPS) is 15.9. The number of rotatable bonds is 7. The zero-order valence-electron chi connectivity index (χ0n) is 20.0. The molecule has 1 aliphatic rings. The van der Waals surface area contributed by atoms with Crippen molar-refractivity contribution in [2.45, 2.75) is 32.9 Å². The molecule has 6 nitrogen and oxygen atoms in total. The van der Waals surface area contributed by atoms with E-state index in [0.29, 0.717) is 5.69 Å². The van der Waals surface area contributed by atoms with Gasteiger partial charge in [0.2, 0.25) is 0 Å². The number of carbonyl (C=O) groups excluding carboxylic acids is 2. The number of carbonyl (C=O) groups is 2. The van der Waals surface area contributed by atoms with Gasteiger partial charge in [0.25, 0.3) is 0 Å². The lowest BCUT2D eigenvalue weighted by Crippen LogP contribution is -2.44. The number of hydrogen-bond donors (Lipinski definition) is 0. The molecular formula is C27H33N3O3. The summed E-state index contributed by atoms with van der Waals surface area (Å²) in [7, 11) is 2.14. The second-order valence-corrected chi connectivity index (χ2v) is 9.32. The molecule has 0 spiro atoms. The van der Waals surface area contributed by atoms with Gasteiger partial charge in [0.1, 0.15) is 5.60 Å². The van der Waals surface area contributed by atoms with Crippen molar-refractivity contribution in [3.63, 3.8) is 0 Å². The molecule has 1 aromatic carbocycles. The lowest BCUT2D eigenvalue weighted by molar-refractivity contribution is -0.148. The van der Waals surface area contributed by atoms with E-state index in [1.54, 1.807) is 30.5 Å². The maximum absolute atomic E-state index is 12.9. The molecule has 0 radical (unpaired) electrons. The summed E-state index contributed by atoms with van der Waals surface area (Å²) in [5.41, 5.74) is 2.71. The van der Waals surface area contributed by atoms with Crippen molar-refractivity contribution in [1.82, 2.24) is 14.8 Å². The van der Waals surface area contributed by atoms with E-state index in [1.165, 1.54) is 6.08 Å². The van der Waals surface area contributed by atoms with Gasteiger partial charge < -0.3 is 9.64 Å². The van der Waals surface area contributed by atoms with Crippen LogP contribution in [0.5, 0.6) is 0 Å². The summed E-state index contributed by atoms with van der Waals surface area (Å²) in [4.78, 5) is 33.7. The molecule has 0 saturated carbocycles. The van der Waals surface area contributed by atoms with Crippen LogP contribution in [0.25, 0.3) is 12.2 Å². The first kappa shape index (κ1) is 24.6. The topological polar surface area (TPSA) is 62.7 Å². The number of hydrogen-bond acceptors (Lipinski definition) is 6. The first-order valence-corrected chi connectivity index (χ1v) is 11.3. The first-order chi connectivity index (χ1) is 15.7. The molecular weight excluding hydrogens is 414 g/mol. The van der Waals surface area contributed by atoms with Gasteiger partial charge in [0.15, 0.2) is 5.78 Å². The number of piperazine rings is 1. The number of nitrogens with zero attached hydrogens (tertiary/aromatic N) is 3. The highest BCUT2D eigenvalue weighted by Gasteiger charge is 2.17. The highest BCUT2D eigenvalue weighted by atomic mass is 16.6. The molecule has 0 unspecified atom stereocenters. The molecule has 0 amide bonds. The summed E-state index contributed by atoms with van der Waals surface area (Å²) in [6.07, 6.45) is 8.01. The Labute approximate surface area is 196 Å². The Balaban J connectivity index is 1.61. The fourth-order valence-electron chi connectivity index (χ4n) is 3.51. The summed E-state index contributed by atoms with van der Waals surface area (Å²) < 4.78 is 5.25. The van der Waals surface area contributed by atoms with E-state index in [-0.39, 0.29) is 5.78 Å². The Hall–Kier alpha value is -3.09. The van der Waals surface area contributed by atoms with Crippen molar-refractivity contribution in [2.24, 2.45) is 0 Å². The van der Waals surface area contributed by atoms with Crippen LogP contribution in [0.4, 0.5) is 0 Å². The van der Waals surface area contributed by atoms with E-state index in [9.17, 15) is 9.59 Å². The minimum absolute atomic E-state index is 0.0198. The number of esters is 1. The number of ketones is 1. The highest BCUT2D eigenvalue weighted by Crippen LogP contribution is 2.15. The van der Waals surface area contributed by atoms with Gasteiger partial charge in [0, 0.05) is 50.6 Å². The van der Waals surface area contributed by atoms with Gasteiger partial charge >= 0.3 is 5.97 Å². The number of benzene rings is 1. The predicted molar refractivity (Wildman–Crippen MR) is 132 cm³/mol. The fourth-order valence-corrected chi connectivity index (χ4v) is 3.51. The zero-order chi connectivity index (χ0) is 23.8. The number of allylic oxidation sites excluding steroid dienone is 1. The van der Waals surface area contributed by atoms with Gasteiger partial charge in [-0.3, -0.25) is 14.7 Å². The molecule has 0 N–H and O–H groups in total. The van der Waals surface area contributed by atoms with E-state index in [1.807, 2.05) is 51.1 Å². The van der Waals surface area contributed by atoms with Gasteiger partial charge in [-0.25, -0.2) is 4.79 Å². The van der Waals surface area contributed by atoms with Crippen LogP contribution in [-0.4, -0.2) is 65.4 Å². The molecule has 174 valence electrons. The summed E-state index contributed by atoms with van der Waals surface area (Å²) in [6, 6.07) is 11.5. The van der Waals surface area contributed by atoms with Gasteiger partial charge in [-0.15, -0.1) is 0 Å². The second kappa shape index (κ2) is 11.2. The minimum Gasteiger partial charge on any atom is -0.457 e. The summed E-state index contributed by atoms with van der Waals surface area (Å²) in [6.45, 7) is 10.4. The highest BCUT2D eigenvalue weighted by molar-refractivity contribution is 6.07. The molecule has 1 fully saturated rings. The second-order valence-electron chi connectivity index (χ2n) is 9.32. The van der Waals surface area contributed by atoms with E-state index in [0.717, 1.165) is 49.4 Å². The number of pyridine rings is 1. The Morgan fingerprint density at radius 2 is 1.73 bits per heavy atom. The van der Waals surface area contributed by atoms with Crippen molar-refractivity contribution in [1.29, 1.82) is 0 Å². The average Bonchev–Trinajstić information content (AvgIpc) is 2.77. The number of aromatic nitrogens is 1. The van der Waals surface area contributed by atoms with E-state index in [4.69, 9.17) is 4.74 Å². The van der Waals surface area contributed by atoms with Crippen LogP contribution in [0.3, 0.4) is 0 Å². The standard InChI is InChI=1S/C27H33N3O3/c1-27(2,3)33-26(32)14-12-23-11-9-21(19-28-23)10-13-25(31)24-8-6-5-7-22(24)20-30-17-15-29(4)16-18-30/h5-14,19H,15-18,20H2,1-4H3/b13-10+,14-12+. The Morgan fingerprint density at radius 3 is 2.39 bits per heavy atom. The van der Waals surface area contributed by atoms with E-state index in [2.05, 4.69) is 21.8 Å². The summed E-state index contributed by atoms with van der Waals surface area (Å²) in [5, 5.41) is 0. The number of likely N-dealkylation sites (N-methyl/N-ethyl adjacent to an activating group) is 1. The van der Waals surface area contributed by atoms with Gasteiger partial charge in [-0.05, 0) is 63.2 Å². The van der Waals surface area contributed by atoms with Crippen molar-refractivity contribution < 1.29 is 14.3 Å². The molecule has 1 aliphatic heterocycles. The molecule has 1 saturated heterocycles. The Kier molecular flexibility index (Phi) is 8.31. The van der Waals surface area contributed by atoms with Crippen molar-refractivity contribution >= 4 is 23.9 Å². The Bertz CT molecular complexity index is 1010. The first-order valence-electron chi connectivity index (χ1n) is 11.3. The smallest absolute Gasteiger partial charge is 0.331 e. The monoisotopic (exact) mass is 447 g/mol. The van der Waals surface area contributed by atoms with Crippen molar-refractivity contribution in [2.75, 3.05) is 33.2 Å². The van der Waals surface area contributed by atoms with Crippen molar-refractivity contribution in [3.8, 4) is 0 Å². The van der Waals surface area contributed by atoms with Crippen LogP contribution < -0.4 is 0 Å². The maximum Gasteiger partial charge on any atom is 0.331 e. The van der Waals surface area contributed by atoms with Crippen LogP contribution in [-0.2, 0) is 16.1 Å². The molecule has 0 atom stereocenters. The Morgan fingerprint density at radius 1 is 1.00 bits per heavy atom. The summed E-state index contributed by atoms with van der Waals surface area (Å²) in [5.74, 6) is -0.428.